The number of piperidine rings is 1. The Morgan fingerprint density at radius 2 is 2.04 bits per heavy atom. The van der Waals surface area contributed by atoms with E-state index in [-0.39, 0.29) is 6.04 Å². The standard InChI is InChI=1S/C20H25N5O/c1-15(2)19-22-20(26-23-19)18-5-3-4-11-24(18)13-16-6-8-17(9-7-16)25-12-10-21-14-25/h6-10,12,14-15,18H,3-5,11,13H2,1-2H3. The first kappa shape index (κ1) is 17.0. The summed E-state index contributed by atoms with van der Waals surface area (Å²) < 4.78 is 7.60. The Balaban J connectivity index is 1.49. The van der Waals surface area contributed by atoms with Crippen molar-refractivity contribution in [2.24, 2.45) is 0 Å². The number of rotatable bonds is 5. The van der Waals surface area contributed by atoms with Crippen molar-refractivity contribution >= 4 is 0 Å². The normalized spacial score (nSPS) is 18.5. The molecule has 0 aliphatic carbocycles. The van der Waals surface area contributed by atoms with Gasteiger partial charge in [-0.3, -0.25) is 4.90 Å². The Kier molecular flexibility index (Phi) is 4.84. The molecule has 3 heterocycles. The minimum absolute atomic E-state index is 0.220. The zero-order valence-corrected chi connectivity index (χ0v) is 15.4. The zero-order chi connectivity index (χ0) is 17.9. The maximum absolute atomic E-state index is 5.59. The molecule has 6 nitrogen and oxygen atoms in total. The van der Waals surface area contributed by atoms with Gasteiger partial charge in [0.25, 0.3) is 0 Å². The highest BCUT2D eigenvalue weighted by molar-refractivity contribution is 5.34. The minimum atomic E-state index is 0.220. The van der Waals surface area contributed by atoms with Crippen LogP contribution in [0.4, 0.5) is 0 Å². The molecule has 3 aromatic rings. The highest BCUT2D eigenvalue weighted by Crippen LogP contribution is 2.32. The molecule has 1 aliphatic rings. The fraction of sp³-hybridized carbons (Fsp3) is 0.450. The molecule has 1 aliphatic heterocycles. The van der Waals surface area contributed by atoms with E-state index in [1.54, 1.807) is 6.20 Å². The van der Waals surface area contributed by atoms with E-state index in [1.807, 2.05) is 17.1 Å². The van der Waals surface area contributed by atoms with Crippen molar-refractivity contribution in [1.82, 2.24) is 24.6 Å². The van der Waals surface area contributed by atoms with Crippen molar-refractivity contribution in [3.05, 3.63) is 60.3 Å². The molecule has 6 heteroatoms. The van der Waals surface area contributed by atoms with Crippen LogP contribution in [0.3, 0.4) is 0 Å². The molecule has 1 saturated heterocycles. The third-order valence-corrected chi connectivity index (χ3v) is 5.00. The van der Waals surface area contributed by atoms with E-state index >= 15 is 0 Å². The van der Waals surface area contributed by atoms with Gasteiger partial charge < -0.3 is 9.09 Å². The first-order valence-corrected chi connectivity index (χ1v) is 9.35. The lowest BCUT2D eigenvalue weighted by Gasteiger charge is -2.33. The van der Waals surface area contributed by atoms with Gasteiger partial charge in [0.15, 0.2) is 5.82 Å². The van der Waals surface area contributed by atoms with Gasteiger partial charge in [0.1, 0.15) is 0 Å². The number of nitrogens with zero attached hydrogens (tertiary/aromatic N) is 5. The summed E-state index contributed by atoms with van der Waals surface area (Å²) in [5, 5.41) is 4.15. The molecule has 0 N–H and O–H groups in total. The molecular formula is C20H25N5O. The van der Waals surface area contributed by atoms with Crippen molar-refractivity contribution in [2.75, 3.05) is 6.54 Å². The van der Waals surface area contributed by atoms with Gasteiger partial charge in [-0.25, -0.2) is 4.98 Å². The Hall–Kier alpha value is -2.47. The number of benzene rings is 1. The lowest BCUT2D eigenvalue weighted by Crippen LogP contribution is -2.33. The number of likely N-dealkylation sites (tertiary alicyclic amines) is 1. The Labute approximate surface area is 153 Å². The second-order valence-electron chi connectivity index (χ2n) is 7.26. The fourth-order valence-electron chi connectivity index (χ4n) is 3.50. The monoisotopic (exact) mass is 351 g/mol. The van der Waals surface area contributed by atoms with Gasteiger partial charge in [0.05, 0.1) is 12.4 Å². The quantitative estimate of drug-likeness (QED) is 0.692. The number of aromatic nitrogens is 4. The molecule has 0 radical (unpaired) electrons. The molecule has 0 spiro atoms. The van der Waals surface area contributed by atoms with Crippen LogP contribution in [0.2, 0.25) is 0 Å². The van der Waals surface area contributed by atoms with Gasteiger partial charge in [0.2, 0.25) is 5.89 Å². The lowest BCUT2D eigenvalue weighted by atomic mass is 10.0. The molecule has 4 rings (SSSR count). The molecule has 1 fully saturated rings. The van der Waals surface area contributed by atoms with Crippen molar-refractivity contribution in [3.8, 4) is 5.69 Å². The van der Waals surface area contributed by atoms with Gasteiger partial charge >= 0.3 is 0 Å². The molecule has 1 aromatic carbocycles. The van der Waals surface area contributed by atoms with Crippen LogP contribution >= 0.6 is 0 Å². The van der Waals surface area contributed by atoms with Crippen molar-refractivity contribution < 1.29 is 4.52 Å². The SMILES string of the molecule is CC(C)c1noc(C2CCCCN2Cc2ccc(-n3ccnc3)cc2)n1. The maximum Gasteiger partial charge on any atom is 0.244 e. The highest BCUT2D eigenvalue weighted by Gasteiger charge is 2.29. The molecular weight excluding hydrogens is 326 g/mol. The van der Waals surface area contributed by atoms with Crippen molar-refractivity contribution in [2.45, 2.75) is 51.6 Å². The second kappa shape index (κ2) is 7.41. The van der Waals surface area contributed by atoms with Crippen LogP contribution in [0.5, 0.6) is 0 Å². The van der Waals surface area contributed by atoms with E-state index in [0.29, 0.717) is 5.92 Å². The van der Waals surface area contributed by atoms with E-state index in [2.05, 4.69) is 58.1 Å². The van der Waals surface area contributed by atoms with Crippen LogP contribution in [0.1, 0.15) is 62.3 Å². The van der Waals surface area contributed by atoms with Crippen LogP contribution in [0.15, 0.2) is 47.5 Å². The zero-order valence-electron chi connectivity index (χ0n) is 15.4. The van der Waals surface area contributed by atoms with E-state index in [1.165, 1.54) is 18.4 Å². The number of imidazole rings is 1. The summed E-state index contributed by atoms with van der Waals surface area (Å²) in [6, 6.07) is 8.87. The Morgan fingerprint density at radius 1 is 1.19 bits per heavy atom. The average molecular weight is 351 g/mol. The molecule has 26 heavy (non-hydrogen) atoms. The minimum Gasteiger partial charge on any atom is -0.338 e. The third kappa shape index (κ3) is 3.55. The van der Waals surface area contributed by atoms with Gasteiger partial charge in [0, 0.05) is 30.5 Å². The van der Waals surface area contributed by atoms with E-state index in [4.69, 9.17) is 4.52 Å². The summed E-state index contributed by atoms with van der Waals surface area (Å²) in [4.78, 5) is 11.2. The largest absolute Gasteiger partial charge is 0.338 e. The third-order valence-electron chi connectivity index (χ3n) is 5.00. The molecule has 0 saturated carbocycles. The fourth-order valence-corrected chi connectivity index (χ4v) is 3.50. The van der Waals surface area contributed by atoms with Crippen LogP contribution < -0.4 is 0 Å². The first-order chi connectivity index (χ1) is 12.7. The van der Waals surface area contributed by atoms with Crippen molar-refractivity contribution in [1.29, 1.82) is 0 Å². The number of hydrogen-bond acceptors (Lipinski definition) is 5. The summed E-state index contributed by atoms with van der Waals surface area (Å²) >= 11 is 0. The summed E-state index contributed by atoms with van der Waals surface area (Å²) in [5.41, 5.74) is 2.42. The van der Waals surface area contributed by atoms with E-state index in [0.717, 1.165) is 36.9 Å². The molecule has 1 unspecified atom stereocenters. The predicted octanol–water partition coefficient (Wildman–Crippen LogP) is 4.11. The van der Waals surface area contributed by atoms with Crippen LogP contribution in [0.25, 0.3) is 5.69 Å². The van der Waals surface area contributed by atoms with Gasteiger partial charge in [-0.15, -0.1) is 0 Å². The van der Waals surface area contributed by atoms with Gasteiger partial charge in [-0.2, -0.15) is 4.98 Å². The molecule has 2 aromatic heterocycles. The molecule has 0 bridgehead atoms. The maximum atomic E-state index is 5.59. The topological polar surface area (TPSA) is 60.0 Å². The molecule has 1 atom stereocenters. The summed E-state index contributed by atoms with van der Waals surface area (Å²) in [5.74, 6) is 1.86. The van der Waals surface area contributed by atoms with Crippen molar-refractivity contribution in [3.63, 3.8) is 0 Å². The van der Waals surface area contributed by atoms with E-state index in [9.17, 15) is 0 Å². The number of hydrogen-bond donors (Lipinski definition) is 0. The van der Waals surface area contributed by atoms with Crippen LogP contribution in [0, 0.1) is 0 Å². The predicted molar refractivity (Wildman–Crippen MR) is 99.0 cm³/mol. The molecule has 136 valence electrons. The van der Waals surface area contributed by atoms with E-state index < -0.39 is 0 Å². The molecule has 0 amide bonds. The second-order valence-corrected chi connectivity index (χ2v) is 7.26. The van der Waals surface area contributed by atoms with Gasteiger partial charge in [-0.05, 0) is 37.1 Å². The highest BCUT2D eigenvalue weighted by atomic mass is 16.5. The Morgan fingerprint density at radius 3 is 2.73 bits per heavy atom. The van der Waals surface area contributed by atoms with Gasteiger partial charge in [-0.1, -0.05) is 37.6 Å². The summed E-state index contributed by atoms with van der Waals surface area (Å²) in [6.07, 6.45) is 9.07. The van der Waals surface area contributed by atoms with Crippen LogP contribution in [-0.4, -0.2) is 31.1 Å². The summed E-state index contributed by atoms with van der Waals surface area (Å²) in [6.45, 7) is 6.14. The smallest absolute Gasteiger partial charge is 0.244 e. The average Bonchev–Trinajstić information content (AvgIpc) is 3.35. The first-order valence-electron chi connectivity index (χ1n) is 9.35. The summed E-state index contributed by atoms with van der Waals surface area (Å²) in [7, 11) is 0. The lowest BCUT2D eigenvalue weighted by molar-refractivity contribution is 0.111. The van der Waals surface area contributed by atoms with Crippen LogP contribution in [-0.2, 0) is 6.54 Å². The Bertz CT molecular complexity index is 822.